The van der Waals surface area contributed by atoms with E-state index in [9.17, 15) is 45.8 Å². The molecule has 14 heteroatoms. The maximum atomic E-state index is 14.2. The third-order valence-electron chi connectivity index (χ3n) is 6.72. The van der Waals surface area contributed by atoms with Gasteiger partial charge in [-0.05, 0) is 55.8 Å². The molecule has 0 saturated heterocycles. The van der Waals surface area contributed by atoms with Gasteiger partial charge >= 0.3 is 18.1 Å². The third kappa shape index (κ3) is 5.84. The normalized spacial score (nSPS) is 15.5. The number of esters is 1. The minimum Gasteiger partial charge on any atom is -0.507 e. The van der Waals surface area contributed by atoms with Gasteiger partial charge in [0.15, 0.2) is 0 Å². The zero-order valence-corrected chi connectivity index (χ0v) is 23.2. The van der Waals surface area contributed by atoms with Crippen molar-refractivity contribution in [1.29, 1.82) is 0 Å². The molecule has 0 spiro atoms. The van der Waals surface area contributed by atoms with E-state index >= 15 is 0 Å². The molecule has 0 aliphatic carbocycles. The summed E-state index contributed by atoms with van der Waals surface area (Å²) in [6.07, 6.45) is -5.84. The lowest BCUT2D eigenvalue weighted by atomic mass is 9.86. The number of hydrogen-bond acceptors (Lipinski definition) is 7. The zero-order valence-electron chi connectivity index (χ0n) is 22.4. The van der Waals surface area contributed by atoms with Crippen molar-refractivity contribution in [2.24, 2.45) is 5.41 Å². The summed E-state index contributed by atoms with van der Waals surface area (Å²) in [6.45, 7) is 2.66. The van der Waals surface area contributed by atoms with Gasteiger partial charge in [-0.1, -0.05) is 12.1 Å². The van der Waals surface area contributed by atoms with Gasteiger partial charge in [-0.15, -0.1) is 0 Å². The van der Waals surface area contributed by atoms with Gasteiger partial charge in [0.05, 0.1) is 35.2 Å². The highest BCUT2D eigenvalue weighted by molar-refractivity contribution is 7.92. The lowest BCUT2D eigenvalue weighted by molar-refractivity contribution is -0.152. The van der Waals surface area contributed by atoms with E-state index < -0.39 is 73.8 Å². The minimum absolute atomic E-state index is 0.0258. The minimum atomic E-state index is -4.83. The van der Waals surface area contributed by atoms with Crippen LogP contribution in [0.2, 0.25) is 0 Å². The number of aromatic hydroxyl groups is 1. The van der Waals surface area contributed by atoms with Crippen LogP contribution in [0.4, 0.5) is 23.2 Å². The van der Waals surface area contributed by atoms with Crippen molar-refractivity contribution in [1.82, 2.24) is 0 Å². The Morgan fingerprint density at radius 3 is 2.40 bits per heavy atom. The number of alkyl halides is 3. The van der Waals surface area contributed by atoms with E-state index in [1.54, 1.807) is 13.8 Å². The van der Waals surface area contributed by atoms with Crippen molar-refractivity contribution in [3.63, 3.8) is 0 Å². The summed E-state index contributed by atoms with van der Waals surface area (Å²) < 4.78 is 93.9. The van der Waals surface area contributed by atoms with Crippen LogP contribution in [-0.2, 0) is 25.7 Å². The molecule has 3 aromatic carbocycles. The van der Waals surface area contributed by atoms with E-state index in [0.717, 1.165) is 28.6 Å². The summed E-state index contributed by atoms with van der Waals surface area (Å²) in [7, 11) is -3.53. The molecule has 0 aromatic heterocycles. The average molecular weight is 612 g/mol. The van der Waals surface area contributed by atoms with Gasteiger partial charge in [0.1, 0.15) is 29.0 Å². The molecule has 3 aromatic rings. The van der Waals surface area contributed by atoms with Crippen LogP contribution in [0.1, 0.15) is 36.2 Å². The number of carboxylic acids is 1. The fourth-order valence-corrected chi connectivity index (χ4v) is 6.29. The summed E-state index contributed by atoms with van der Waals surface area (Å²) in [5.74, 6) is -4.09. The van der Waals surface area contributed by atoms with Crippen LogP contribution in [0, 0.1) is 11.2 Å². The third-order valence-corrected chi connectivity index (χ3v) is 8.50. The summed E-state index contributed by atoms with van der Waals surface area (Å²) in [6, 6.07) is 8.33. The molecule has 9 nitrogen and oxygen atoms in total. The molecule has 224 valence electrons. The molecule has 0 saturated carbocycles. The van der Waals surface area contributed by atoms with Gasteiger partial charge in [-0.25, -0.2) is 17.6 Å². The van der Waals surface area contributed by atoms with E-state index in [4.69, 9.17) is 9.47 Å². The van der Waals surface area contributed by atoms with Crippen molar-refractivity contribution >= 4 is 27.6 Å². The quantitative estimate of drug-likeness (QED) is 0.266. The number of anilines is 1. The number of methoxy groups -OCH3 is 1. The van der Waals surface area contributed by atoms with Crippen molar-refractivity contribution in [3.8, 4) is 22.6 Å². The Labute approximate surface area is 238 Å². The Morgan fingerprint density at radius 2 is 1.79 bits per heavy atom. The first kappa shape index (κ1) is 30.6. The Kier molecular flexibility index (Phi) is 7.89. The second-order valence-corrected chi connectivity index (χ2v) is 12.1. The molecule has 0 bridgehead atoms. The van der Waals surface area contributed by atoms with E-state index in [2.05, 4.69) is 0 Å². The van der Waals surface area contributed by atoms with E-state index in [1.165, 1.54) is 25.3 Å². The topological polar surface area (TPSA) is 130 Å². The van der Waals surface area contributed by atoms with Crippen molar-refractivity contribution < 1.29 is 55.3 Å². The standard InChI is InChI=1S/C28H25F4NO8S/c1-27(2,26(37)40-3)13-18-14-33(42(38,39)19-6-4-5-16(10-19)28(30,31)32)21-9-15(7-8-23(21)41-18)20-11-17(29)12-22(34)24(20)25(35)36/h4-12,18,34H,13-14H2,1-3H3,(H,35,36). The van der Waals surface area contributed by atoms with Gasteiger partial charge in [0, 0.05) is 18.1 Å². The highest BCUT2D eigenvalue weighted by Gasteiger charge is 2.41. The summed E-state index contributed by atoms with van der Waals surface area (Å²) in [5.41, 5.74) is -3.49. The smallest absolute Gasteiger partial charge is 0.416 e. The fourth-order valence-electron chi connectivity index (χ4n) is 4.75. The Balaban J connectivity index is 1.90. The predicted molar refractivity (Wildman–Crippen MR) is 141 cm³/mol. The number of fused-ring (bicyclic) bond motifs is 1. The van der Waals surface area contributed by atoms with Crippen LogP contribution < -0.4 is 9.04 Å². The van der Waals surface area contributed by atoms with Crippen LogP contribution in [0.25, 0.3) is 11.1 Å². The second-order valence-electron chi connectivity index (χ2n) is 10.2. The lowest BCUT2D eigenvalue weighted by Gasteiger charge is -2.38. The lowest BCUT2D eigenvalue weighted by Crippen LogP contribution is -2.46. The molecule has 1 aliphatic heterocycles. The number of phenols is 1. The number of aromatic carboxylic acids is 1. The van der Waals surface area contributed by atoms with E-state index in [1.807, 2.05) is 0 Å². The molecule has 0 radical (unpaired) electrons. The maximum absolute atomic E-state index is 14.2. The highest BCUT2D eigenvalue weighted by Crippen LogP contribution is 2.43. The maximum Gasteiger partial charge on any atom is 0.416 e. The summed E-state index contributed by atoms with van der Waals surface area (Å²) >= 11 is 0. The highest BCUT2D eigenvalue weighted by atomic mass is 32.2. The first-order chi connectivity index (χ1) is 19.5. The van der Waals surface area contributed by atoms with E-state index in [0.29, 0.717) is 12.1 Å². The number of benzene rings is 3. The zero-order chi connectivity index (χ0) is 31.2. The van der Waals surface area contributed by atoms with Crippen molar-refractivity contribution in [2.45, 2.75) is 37.4 Å². The number of carbonyl (C=O) groups excluding carboxylic acids is 1. The number of carboxylic acid groups (broad SMARTS) is 1. The molecule has 0 amide bonds. The molecule has 1 atom stereocenters. The van der Waals surface area contributed by atoms with Crippen LogP contribution >= 0.6 is 0 Å². The summed E-state index contributed by atoms with van der Waals surface area (Å²) in [4.78, 5) is 23.5. The number of hydrogen-bond donors (Lipinski definition) is 2. The average Bonchev–Trinajstić information content (AvgIpc) is 2.90. The number of sulfonamides is 1. The number of ether oxygens (including phenoxy) is 2. The van der Waals surface area contributed by atoms with Crippen LogP contribution in [0.5, 0.6) is 11.5 Å². The van der Waals surface area contributed by atoms with Gasteiger partial charge in [0.25, 0.3) is 10.0 Å². The Hall–Kier alpha value is -4.33. The van der Waals surface area contributed by atoms with Crippen LogP contribution in [-0.4, -0.2) is 50.3 Å². The van der Waals surface area contributed by atoms with Crippen molar-refractivity contribution in [2.75, 3.05) is 18.0 Å². The molecule has 2 N–H and O–H groups in total. The second kappa shape index (κ2) is 10.8. The first-order valence-electron chi connectivity index (χ1n) is 12.3. The number of halogens is 4. The Morgan fingerprint density at radius 1 is 1.10 bits per heavy atom. The monoisotopic (exact) mass is 611 g/mol. The van der Waals surface area contributed by atoms with Crippen LogP contribution in [0.15, 0.2) is 59.5 Å². The predicted octanol–water partition coefficient (Wildman–Crippen LogP) is 5.46. The molecule has 1 aliphatic rings. The number of carbonyl (C=O) groups is 2. The summed E-state index contributed by atoms with van der Waals surface area (Å²) in [5, 5.41) is 19.7. The van der Waals surface area contributed by atoms with Gasteiger partial charge in [-0.3, -0.25) is 9.10 Å². The SMILES string of the molecule is COC(=O)C(C)(C)CC1CN(S(=O)(=O)c2cccc(C(F)(F)F)c2)c2cc(-c3cc(F)cc(O)c3C(=O)O)ccc2O1. The number of nitrogens with zero attached hydrogens (tertiary/aromatic N) is 1. The number of rotatable bonds is 7. The Bertz CT molecular complexity index is 1670. The fraction of sp³-hybridized carbons (Fsp3) is 0.286. The van der Waals surface area contributed by atoms with Crippen LogP contribution in [0.3, 0.4) is 0 Å². The molecular weight excluding hydrogens is 586 g/mol. The molecule has 0 fully saturated rings. The van der Waals surface area contributed by atoms with Gasteiger partial charge in [0.2, 0.25) is 0 Å². The van der Waals surface area contributed by atoms with Gasteiger partial charge in [-0.2, -0.15) is 13.2 Å². The van der Waals surface area contributed by atoms with Gasteiger partial charge < -0.3 is 19.7 Å². The first-order valence-corrected chi connectivity index (χ1v) is 13.7. The molecule has 42 heavy (non-hydrogen) atoms. The molecule has 1 unspecified atom stereocenters. The molecular formula is C28H25F4NO8S. The largest absolute Gasteiger partial charge is 0.507 e. The molecule has 4 rings (SSSR count). The van der Waals surface area contributed by atoms with E-state index in [-0.39, 0.29) is 29.0 Å². The van der Waals surface area contributed by atoms with Crippen molar-refractivity contribution in [3.05, 3.63) is 71.5 Å². The molecule has 1 heterocycles.